The predicted octanol–water partition coefficient (Wildman–Crippen LogP) is 4.09. The third kappa shape index (κ3) is 5.36. The monoisotopic (exact) mass is 459 g/mol. The van der Waals surface area contributed by atoms with Crippen molar-refractivity contribution >= 4 is 23.6 Å². The molecular formula is C26H29N5O3. The van der Waals surface area contributed by atoms with E-state index in [2.05, 4.69) is 17.2 Å². The molecule has 0 saturated carbocycles. The van der Waals surface area contributed by atoms with E-state index in [0.717, 1.165) is 16.9 Å². The summed E-state index contributed by atoms with van der Waals surface area (Å²) in [5, 5.41) is 14.3. The highest BCUT2D eigenvalue weighted by Crippen LogP contribution is 2.24. The van der Waals surface area contributed by atoms with Gasteiger partial charge in [0.15, 0.2) is 0 Å². The van der Waals surface area contributed by atoms with Gasteiger partial charge in [0.2, 0.25) is 0 Å². The molecule has 2 aromatic carbocycles. The van der Waals surface area contributed by atoms with Crippen molar-refractivity contribution in [3.8, 4) is 5.69 Å². The number of hydrogen-bond donors (Lipinski definition) is 3. The van der Waals surface area contributed by atoms with E-state index in [0.29, 0.717) is 55.7 Å². The number of amides is 1. The van der Waals surface area contributed by atoms with Crippen molar-refractivity contribution in [3.05, 3.63) is 89.9 Å². The first-order valence-electron chi connectivity index (χ1n) is 11.1. The summed E-state index contributed by atoms with van der Waals surface area (Å²) in [6.07, 6.45) is 3.18. The zero-order valence-electron chi connectivity index (χ0n) is 19.2. The SMILES string of the molecule is C=C(Nc1ccc(COC)cc1)Nc1c(C=N)ccn1-c1ccc(C(=O)N2CCOCC2)cc1. The molecule has 0 spiro atoms. The minimum atomic E-state index is 0.00924. The summed E-state index contributed by atoms with van der Waals surface area (Å²) in [6.45, 7) is 7.02. The van der Waals surface area contributed by atoms with Crippen molar-refractivity contribution in [2.24, 2.45) is 0 Å². The van der Waals surface area contributed by atoms with Gasteiger partial charge in [0.25, 0.3) is 5.91 Å². The average Bonchev–Trinajstić information content (AvgIpc) is 3.28. The number of anilines is 2. The van der Waals surface area contributed by atoms with E-state index in [4.69, 9.17) is 14.9 Å². The molecule has 1 aromatic heterocycles. The predicted molar refractivity (Wildman–Crippen MR) is 134 cm³/mol. The molecular weight excluding hydrogens is 430 g/mol. The van der Waals surface area contributed by atoms with E-state index in [-0.39, 0.29) is 5.91 Å². The lowest BCUT2D eigenvalue weighted by atomic mass is 10.1. The maximum Gasteiger partial charge on any atom is 0.254 e. The third-order valence-corrected chi connectivity index (χ3v) is 5.59. The van der Waals surface area contributed by atoms with Crippen LogP contribution in [0.5, 0.6) is 0 Å². The zero-order valence-corrected chi connectivity index (χ0v) is 19.2. The van der Waals surface area contributed by atoms with Crippen molar-refractivity contribution in [2.75, 3.05) is 44.0 Å². The van der Waals surface area contributed by atoms with Crippen LogP contribution in [-0.4, -0.2) is 55.0 Å². The molecule has 1 saturated heterocycles. The van der Waals surface area contributed by atoms with Crippen LogP contribution in [0.25, 0.3) is 5.69 Å². The van der Waals surface area contributed by atoms with Crippen molar-refractivity contribution in [1.29, 1.82) is 5.41 Å². The third-order valence-electron chi connectivity index (χ3n) is 5.59. The second-order valence-electron chi connectivity index (χ2n) is 7.94. The molecule has 3 aromatic rings. The molecule has 3 N–H and O–H groups in total. The Labute approximate surface area is 199 Å². The van der Waals surface area contributed by atoms with Crippen LogP contribution in [0.4, 0.5) is 11.5 Å². The molecule has 0 bridgehead atoms. The number of ether oxygens (including phenoxy) is 2. The lowest BCUT2D eigenvalue weighted by Crippen LogP contribution is -2.40. The van der Waals surface area contributed by atoms with Crippen LogP contribution < -0.4 is 10.6 Å². The Balaban J connectivity index is 1.48. The van der Waals surface area contributed by atoms with E-state index in [9.17, 15) is 4.79 Å². The van der Waals surface area contributed by atoms with Crippen molar-refractivity contribution in [1.82, 2.24) is 9.47 Å². The summed E-state index contributed by atoms with van der Waals surface area (Å²) < 4.78 is 12.4. The summed E-state index contributed by atoms with van der Waals surface area (Å²) in [6, 6.07) is 17.2. The van der Waals surface area contributed by atoms with E-state index >= 15 is 0 Å². The summed E-state index contributed by atoms with van der Waals surface area (Å²) >= 11 is 0. The van der Waals surface area contributed by atoms with Gasteiger partial charge in [-0.05, 0) is 48.0 Å². The van der Waals surface area contributed by atoms with Gasteiger partial charge in [0.1, 0.15) is 11.6 Å². The number of hydrogen-bond acceptors (Lipinski definition) is 6. The molecule has 0 aliphatic carbocycles. The van der Waals surface area contributed by atoms with Gasteiger partial charge < -0.3 is 35.0 Å². The van der Waals surface area contributed by atoms with E-state index in [1.165, 1.54) is 6.21 Å². The van der Waals surface area contributed by atoms with Crippen LogP contribution in [0.3, 0.4) is 0 Å². The zero-order chi connectivity index (χ0) is 23.9. The maximum absolute atomic E-state index is 12.7. The number of carbonyl (C=O) groups is 1. The normalized spacial score (nSPS) is 13.4. The Morgan fingerprint density at radius 1 is 1.09 bits per heavy atom. The van der Waals surface area contributed by atoms with Gasteiger partial charge in [0, 0.05) is 55.1 Å². The highest BCUT2D eigenvalue weighted by molar-refractivity contribution is 5.94. The fourth-order valence-electron chi connectivity index (χ4n) is 3.82. The van der Waals surface area contributed by atoms with Crippen molar-refractivity contribution in [2.45, 2.75) is 6.61 Å². The molecule has 8 heteroatoms. The summed E-state index contributed by atoms with van der Waals surface area (Å²) in [5.41, 5.74) is 4.19. The smallest absolute Gasteiger partial charge is 0.254 e. The minimum absolute atomic E-state index is 0.00924. The highest BCUT2D eigenvalue weighted by atomic mass is 16.5. The lowest BCUT2D eigenvalue weighted by Gasteiger charge is -2.27. The lowest BCUT2D eigenvalue weighted by molar-refractivity contribution is 0.0303. The number of methoxy groups -OCH3 is 1. The Bertz CT molecular complexity index is 1150. The van der Waals surface area contributed by atoms with Crippen LogP contribution in [0.2, 0.25) is 0 Å². The molecule has 0 unspecified atom stereocenters. The number of nitrogens with zero attached hydrogens (tertiary/aromatic N) is 2. The van der Waals surface area contributed by atoms with Gasteiger partial charge in [0.05, 0.1) is 19.8 Å². The molecule has 0 atom stereocenters. The molecule has 0 radical (unpaired) electrons. The van der Waals surface area contributed by atoms with Crippen molar-refractivity contribution in [3.63, 3.8) is 0 Å². The van der Waals surface area contributed by atoms with E-state index < -0.39 is 0 Å². The number of rotatable bonds is 9. The minimum Gasteiger partial charge on any atom is -0.380 e. The maximum atomic E-state index is 12.7. The van der Waals surface area contributed by atoms with Gasteiger partial charge in [-0.1, -0.05) is 18.7 Å². The molecule has 4 rings (SSSR count). The van der Waals surface area contributed by atoms with E-state index in [1.807, 2.05) is 70.3 Å². The second-order valence-corrected chi connectivity index (χ2v) is 7.94. The fraction of sp³-hybridized carbons (Fsp3) is 0.231. The molecule has 1 aliphatic rings. The summed E-state index contributed by atoms with van der Waals surface area (Å²) in [5.74, 6) is 1.28. The molecule has 8 nitrogen and oxygen atoms in total. The first-order valence-corrected chi connectivity index (χ1v) is 11.1. The molecule has 1 aliphatic heterocycles. The Morgan fingerprint density at radius 2 is 1.79 bits per heavy atom. The van der Waals surface area contributed by atoms with Crippen LogP contribution >= 0.6 is 0 Å². The number of nitrogens with one attached hydrogen (secondary N) is 3. The first-order chi connectivity index (χ1) is 16.6. The Morgan fingerprint density at radius 3 is 2.44 bits per heavy atom. The first kappa shape index (κ1) is 23.3. The quantitative estimate of drug-likeness (QED) is 0.419. The van der Waals surface area contributed by atoms with Gasteiger partial charge in [-0.25, -0.2) is 0 Å². The summed E-state index contributed by atoms with van der Waals surface area (Å²) in [4.78, 5) is 14.5. The van der Waals surface area contributed by atoms with Gasteiger partial charge in [-0.3, -0.25) is 4.79 Å². The molecule has 176 valence electrons. The van der Waals surface area contributed by atoms with Crippen LogP contribution in [0.1, 0.15) is 21.5 Å². The number of aromatic nitrogens is 1. The topological polar surface area (TPSA) is 91.6 Å². The standard InChI is InChI=1S/C26H29N5O3/c1-19(28-23-7-3-20(4-8-23)18-33-2)29-25-22(17-27)11-12-31(25)24-9-5-21(6-10-24)26(32)30-13-15-34-16-14-30/h3-12,17,27-29H,1,13-16,18H2,2H3. The fourth-order valence-corrected chi connectivity index (χ4v) is 3.82. The van der Waals surface area contributed by atoms with Gasteiger partial charge in [-0.15, -0.1) is 0 Å². The molecule has 34 heavy (non-hydrogen) atoms. The average molecular weight is 460 g/mol. The summed E-state index contributed by atoms with van der Waals surface area (Å²) in [7, 11) is 1.67. The second kappa shape index (κ2) is 10.8. The van der Waals surface area contributed by atoms with E-state index in [1.54, 1.807) is 7.11 Å². The number of morpholine rings is 1. The molecule has 1 amide bonds. The molecule has 1 fully saturated rings. The Kier molecular flexibility index (Phi) is 7.41. The van der Waals surface area contributed by atoms with Crippen LogP contribution in [0, 0.1) is 5.41 Å². The van der Waals surface area contributed by atoms with Gasteiger partial charge >= 0.3 is 0 Å². The number of benzene rings is 2. The van der Waals surface area contributed by atoms with Crippen molar-refractivity contribution < 1.29 is 14.3 Å². The largest absolute Gasteiger partial charge is 0.380 e. The number of carbonyl (C=O) groups excluding carboxylic acids is 1. The Hall–Kier alpha value is -3.88. The van der Waals surface area contributed by atoms with Crippen LogP contribution in [0.15, 0.2) is 73.2 Å². The van der Waals surface area contributed by atoms with Gasteiger partial charge in [-0.2, -0.15) is 0 Å². The molecule has 2 heterocycles. The van der Waals surface area contributed by atoms with Crippen LogP contribution in [-0.2, 0) is 16.1 Å². The highest BCUT2D eigenvalue weighted by Gasteiger charge is 2.18.